The van der Waals surface area contributed by atoms with Gasteiger partial charge in [0, 0.05) is 6.32 Å². The molecule has 2 aliphatic rings. The van der Waals surface area contributed by atoms with E-state index in [9.17, 15) is 0 Å². The highest BCUT2D eigenvalue weighted by molar-refractivity contribution is 6.83. The van der Waals surface area contributed by atoms with Gasteiger partial charge in [-0.15, -0.1) is 0 Å². The van der Waals surface area contributed by atoms with E-state index >= 15 is 0 Å². The summed E-state index contributed by atoms with van der Waals surface area (Å²) in [6.07, 6.45) is 10.4. The van der Waals surface area contributed by atoms with Crippen molar-refractivity contribution in [1.82, 2.24) is 0 Å². The van der Waals surface area contributed by atoms with Gasteiger partial charge in [0.25, 0.3) is 0 Å². The molecule has 1 heterocycles. The van der Waals surface area contributed by atoms with Crippen LogP contribution in [-0.2, 0) is 9.31 Å². The lowest BCUT2D eigenvalue weighted by Gasteiger charge is -2.32. The van der Waals surface area contributed by atoms with Crippen LogP contribution in [0.3, 0.4) is 0 Å². The molecule has 0 N–H and O–H groups in total. The first kappa shape index (κ1) is 18.3. The van der Waals surface area contributed by atoms with Crippen molar-refractivity contribution in [3.63, 3.8) is 0 Å². The zero-order valence-electron chi connectivity index (χ0n) is 15.8. The SMILES string of the molecule is CC1(C)OB(C/C=C(/C2CCCCC2)[Si](C)(C)C)OC1(C)C. The third-order valence-corrected chi connectivity index (χ3v) is 8.09. The van der Waals surface area contributed by atoms with E-state index in [-0.39, 0.29) is 18.3 Å². The van der Waals surface area contributed by atoms with Crippen molar-refractivity contribution in [2.45, 2.75) is 97.0 Å². The van der Waals surface area contributed by atoms with Crippen molar-refractivity contribution in [1.29, 1.82) is 0 Å². The Labute approximate surface area is 139 Å². The lowest BCUT2D eigenvalue weighted by Crippen LogP contribution is -2.41. The first-order valence-electron chi connectivity index (χ1n) is 9.09. The summed E-state index contributed by atoms with van der Waals surface area (Å²) in [5, 5.41) is 1.75. The summed E-state index contributed by atoms with van der Waals surface area (Å²) in [7, 11) is -1.35. The molecule has 0 aromatic heterocycles. The van der Waals surface area contributed by atoms with Crippen molar-refractivity contribution in [2.75, 3.05) is 0 Å². The molecule has 0 spiro atoms. The van der Waals surface area contributed by atoms with Crippen molar-refractivity contribution >= 4 is 15.2 Å². The zero-order valence-corrected chi connectivity index (χ0v) is 16.8. The van der Waals surface area contributed by atoms with Crippen molar-refractivity contribution in [3.05, 3.63) is 11.3 Å². The van der Waals surface area contributed by atoms with Crippen molar-refractivity contribution in [2.24, 2.45) is 5.92 Å². The molecule has 1 aliphatic carbocycles. The van der Waals surface area contributed by atoms with Gasteiger partial charge in [0.05, 0.1) is 19.3 Å². The van der Waals surface area contributed by atoms with Gasteiger partial charge in [-0.05, 0) is 46.5 Å². The maximum atomic E-state index is 6.16. The summed E-state index contributed by atoms with van der Waals surface area (Å²) < 4.78 is 12.3. The predicted molar refractivity (Wildman–Crippen MR) is 98.9 cm³/mol. The summed E-state index contributed by atoms with van der Waals surface area (Å²) in [6.45, 7) is 16.0. The van der Waals surface area contributed by atoms with Crippen molar-refractivity contribution < 1.29 is 9.31 Å². The fraction of sp³-hybridized carbons (Fsp3) is 0.889. The Balaban J connectivity index is 2.08. The second-order valence-corrected chi connectivity index (χ2v) is 14.2. The second kappa shape index (κ2) is 6.45. The zero-order chi connectivity index (χ0) is 16.6. The van der Waals surface area contributed by atoms with Gasteiger partial charge >= 0.3 is 7.12 Å². The van der Waals surface area contributed by atoms with E-state index in [0.717, 1.165) is 12.2 Å². The fourth-order valence-corrected chi connectivity index (χ4v) is 6.03. The average Bonchev–Trinajstić information content (AvgIpc) is 2.57. The minimum atomic E-state index is -1.27. The molecule has 2 nitrogen and oxygen atoms in total. The topological polar surface area (TPSA) is 18.5 Å². The van der Waals surface area contributed by atoms with Crippen LogP contribution < -0.4 is 0 Å². The fourth-order valence-electron chi connectivity index (χ4n) is 3.78. The summed E-state index contributed by atoms with van der Waals surface area (Å²) in [4.78, 5) is 0. The molecule has 0 aromatic carbocycles. The Morgan fingerprint density at radius 1 is 1.00 bits per heavy atom. The van der Waals surface area contributed by atoms with Crippen LogP contribution in [0.15, 0.2) is 11.3 Å². The molecule has 126 valence electrons. The second-order valence-electron chi connectivity index (χ2n) is 9.17. The normalized spacial score (nSPS) is 26.5. The molecule has 2 fully saturated rings. The van der Waals surface area contributed by atoms with Crippen LogP contribution in [0, 0.1) is 5.92 Å². The van der Waals surface area contributed by atoms with Crippen LogP contribution >= 0.6 is 0 Å². The maximum absolute atomic E-state index is 6.16. The Morgan fingerprint density at radius 2 is 1.50 bits per heavy atom. The molecule has 22 heavy (non-hydrogen) atoms. The molecule has 4 heteroatoms. The Hall–Kier alpha value is -0.0582. The first-order valence-corrected chi connectivity index (χ1v) is 12.6. The molecule has 0 bridgehead atoms. The third-order valence-electron chi connectivity index (χ3n) is 5.74. The smallest absolute Gasteiger partial charge is 0.403 e. The Bertz CT molecular complexity index is 401. The van der Waals surface area contributed by atoms with E-state index in [1.165, 1.54) is 32.1 Å². The van der Waals surface area contributed by atoms with Gasteiger partial charge in [-0.3, -0.25) is 0 Å². The molecule has 0 radical (unpaired) electrons. The van der Waals surface area contributed by atoms with Gasteiger partial charge in [0.1, 0.15) is 0 Å². The highest BCUT2D eigenvalue weighted by atomic mass is 28.3. The summed E-state index contributed by atoms with van der Waals surface area (Å²) in [5.74, 6) is 0.822. The van der Waals surface area contributed by atoms with Gasteiger partial charge in [0.15, 0.2) is 0 Å². The molecular weight excluding hydrogens is 287 g/mol. The molecule has 1 saturated heterocycles. The lowest BCUT2D eigenvalue weighted by atomic mass is 9.82. The minimum absolute atomic E-state index is 0.0834. The van der Waals surface area contributed by atoms with Crippen LogP contribution in [-0.4, -0.2) is 26.4 Å². The van der Waals surface area contributed by atoms with Crippen LogP contribution in [0.5, 0.6) is 0 Å². The average molecular weight is 322 g/mol. The van der Waals surface area contributed by atoms with Gasteiger partial charge in [-0.2, -0.15) is 0 Å². The summed E-state index contributed by atoms with van der Waals surface area (Å²) in [6, 6.07) is 0. The lowest BCUT2D eigenvalue weighted by molar-refractivity contribution is 0.00578. The van der Waals surface area contributed by atoms with E-state index in [0.29, 0.717) is 0 Å². The van der Waals surface area contributed by atoms with Gasteiger partial charge in [-0.25, -0.2) is 0 Å². The maximum Gasteiger partial charge on any atom is 0.461 e. The van der Waals surface area contributed by atoms with E-state index in [1.54, 1.807) is 5.20 Å². The van der Waals surface area contributed by atoms with Gasteiger partial charge in [0.2, 0.25) is 0 Å². The Morgan fingerprint density at radius 3 is 1.95 bits per heavy atom. The predicted octanol–water partition coefficient (Wildman–Crippen LogP) is 5.46. The summed E-state index contributed by atoms with van der Waals surface area (Å²) >= 11 is 0. The van der Waals surface area contributed by atoms with E-state index in [2.05, 4.69) is 53.4 Å². The number of hydrogen-bond donors (Lipinski definition) is 0. The largest absolute Gasteiger partial charge is 0.461 e. The molecule has 1 saturated carbocycles. The molecule has 0 amide bonds. The number of hydrogen-bond acceptors (Lipinski definition) is 2. The van der Waals surface area contributed by atoms with Gasteiger partial charge < -0.3 is 9.31 Å². The monoisotopic (exact) mass is 322 g/mol. The van der Waals surface area contributed by atoms with Gasteiger partial charge in [-0.1, -0.05) is 50.2 Å². The van der Waals surface area contributed by atoms with Crippen LogP contribution in [0.4, 0.5) is 0 Å². The standard InChI is InChI=1S/C18H35BO2Si/c1-17(2)18(3,4)21-19(20-17)14-13-16(22(5,6)7)15-11-9-8-10-12-15/h13,15H,8-12,14H2,1-7H3/b16-13-. The van der Waals surface area contributed by atoms with Crippen LogP contribution in [0.1, 0.15) is 59.8 Å². The van der Waals surface area contributed by atoms with E-state index in [1.807, 2.05) is 0 Å². The minimum Gasteiger partial charge on any atom is -0.403 e. The third kappa shape index (κ3) is 4.07. The van der Waals surface area contributed by atoms with E-state index in [4.69, 9.17) is 9.31 Å². The molecule has 2 rings (SSSR count). The molecule has 0 atom stereocenters. The quantitative estimate of drug-likeness (QED) is 0.640. The number of rotatable bonds is 4. The Kier molecular flexibility index (Phi) is 5.36. The molecular formula is C18H35BO2Si. The van der Waals surface area contributed by atoms with Crippen LogP contribution in [0.2, 0.25) is 26.0 Å². The summed E-state index contributed by atoms with van der Waals surface area (Å²) in [5.41, 5.74) is -0.425. The first-order chi connectivity index (χ1) is 10.0. The van der Waals surface area contributed by atoms with Crippen LogP contribution in [0.25, 0.3) is 0 Å². The number of allylic oxidation sites excluding steroid dienone is 2. The highest BCUT2D eigenvalue weighted by Crippen LogP contribution is 2.39. The highest BCUT2D eigenvalue weighted by Gasteiger charge is 2.50. The van der Waals surface area contributed by atoms with E-state index < -0.39 is 8.07 Å². The molecule has 0 aromatic rings. The van der Waals surface area contributed by atoms with Crippen molar-refractivity contribution in [3.8, 4) is 0 Å². The molecule has 1 aliphatic heterocycles. The molecule has 0 unspecified atom stereocenters.